The fourth-order valence-corrected chi connectivity index (χ4v) is 1.76. The molecule has 0 aliphatic carbocycles. The first-order chi connectivity index (χ1) is 6.54. The average molecular weight is 191 g/mol. The molecule has 14 heavy (non-hydrogen) atoms. The van der Waals surface area contributed by atoms with Crippen LogP contribution >= 0.6 is 0 Å². The predicted molar refractivity (Wildman–Crippen MR) is 64.0 cm³/mol. The van der Waals surface area contributed by atoms with Gasteiger partial charge in [0.25, 0.3) is 0 Å². The number of benzene rings is 1. The summed E-state index contributed by atoms with van der Waals surface area (Å²) in [6.45, 7) is 10.9. The van der Waals surface area contributed by atoms with E-state index in [1.54, 1.807) is 0 Å². The lowest BCUT2D eigenvalue weighted by Gasteiger charge is -2.18. The molecule has 0 spiro atoms. The summed E-state index contributed by atoms with van der Waals surface area (Å²) in [5.41, 5.74) is 5.35. The van der Waals surface area contributed by atoms with Gasteiger partial charge in [-0.3, -0.25) is 0 Å². The van der Waals surface area contributed by atoms with Crippen molar-refractivity contribution in [2.24, 2.45) is 0 Å². The smallest absolute Gasteiger partial charge is 0.0401 e. The van der Waals surface area contributed by atoms with E-state index in [0.29, 0.717) is 6.04 Å². The summed E-state index contributed by atoms with van der Waals surface area (Å²) in [5, 5.41) is 3.56. The van der Waals surface area contributed by atoms with Gasteiger partial charge >= 0.3 is 0 Å². The third-order valence-corrected chi connectivity index (χ3v) is 2.68. The molecule has 78 valence electrons. The van der Waals surface area contributed by atoms with Crippen molar-refractivity contribution in [3.63, 3.8) is 0 Å². The van der Waals surface area contributed by atoms with Crippen LogP contribution in [-0.2, 0) is 0 Å². The molecule has 0 radical (unpaired) electrons. The van der Waals surface area contributed by atoms with Crippen LogP contribution in [0.15, 0.2) is 12.1 Å². The molecule has 0 bridgehead atoms. The minimum atomic E-state index is 0.551. The van der Waals surface area contributed by atoms with Gasteiger partial charge in [0.1, 0.15) is 0 Å². The van der Waals surface area contributed by atoms with Gasteiger partial charge in [-0.2, -0.15) is 0 Å². The van der Waals surface area contributed by atoms with Crippen LogP contribution in [0.4, 0.5) is 5.69 Å². The Bertz CT molecular complexity index is 292. The maximum absolute atomic E-state index is 3.56. The van der Waals surface area contributed by atoms with E-state index in [0.717, 1.165) is 6.42 Å². The van der Waals surface area contributed by atoms with Crippen molar-refractivity contribution >= 4 is 5.69 Å². The van der Waals surface area contributed by atoms with Crippen molar-refractivity contribution in [3.8, 4) is 0 Å². The summed E-state index contributed by atoms with van der Waals surface area (Å²) >= 11 is 0. The van der Waals surface area contributed by atoms with Crippen molar-refractivity contribution in [2.45, 2.75) is 47.1 Å². The molecule has 0 heterocycles. The van der Waals surface area contributed by atoms with Crippen LogP contribution in [0.2, 0.25) is 0 Å². The highest BCUT2D eigenvalue weighted by Crippen LogP contribution is 2.22. The molecular formula is C13H21N. The predicted octanol–water partition coefficient (Wildman–Crippen LogP) is 3.82. The molecular weight excluding hydrogens is 170 g/mol. The Balaban J connectivity index is 2.96. The second kappa shape index (κ2) is 4.50. The minimum absolute atomic E-state index is 0.551. The number of rotatable bonds is 3. The van der Waals surface area contributed by atoms with Gasteiger partial charge in [-0.25, -0.2) is 0 Å². The molecule has 1 nitrogen and oxygen atoms in total. The first-order valence-electron chi connectivity index (χ1n) is 5.39. The van der Waals surface area contributed by atoms with E-state index in [9.17, 15) is 0 Å². The summed E-state index contributed by atoms with van der Waals surface area (Å²) in [6.07, 6.45) is 1.16. The molecule has 0 aliphatic heterocycles. The van der Waals surface area contributed by atoms with Crippen molar-refractivity contribution in [2.75, 3.05) is 5.32 Å². The van der Waals surface area contributed by atoms with Crippen LogP contribution in [-0.4, -0.2) is 6.04 Å². The molecule has 1 aromatic carbocycles. The van der Waals surface area contributed by atoms with Crippen LogP contribution in [0.3, 0.4) is 0 Å². The second-order valence-corrected chi connectivity index (χ2v) is 4.23. The SMILES string of the molecule is CCC(C)Nc1c(C)cc(C)cc1C. The van der Waals surface area contributed by atoms with Gasteiger partial charge in [-0.05, 0) is 45.2 Å². The summed E-state index contributed by atoms with van der Waals surface area (Å²) in [4.78, 5) is 0. The van der Waals surface area contributed by atoms with Crippen LogP contribution < -0.4 is 5.32 Å². The highest BCUT2D eigenvalue weighted by molar-refractivity contribution is 5.58. The van der Waals surface area contributed by atoms with Crippen LogP contribution in [0.5, 0.6) is 0 Å². The Morgan fingerprint density at radius 1 is 1.14 bits per heavy atom. The Morgan fingerprint density at radius 2 is 1.64 bits per heavy atom. The Hall–Kier alpha value is -0.980. The zero-order valence-electron chi connectivity index (χ0n) is 9.94. The lowest BCUT2D eigenvalue weighted by Crippen LogP contribution is -2.15. The monoisotopic (exact) mass is 191 g/mol. The number of anilines is 1. The van der Waals surface area contributed by atoms with Crippen LogP contribution in [0.1, 0.15) is 37.0 Å². The third-order valence-electron chi connectivity index (χ3n) is 2.68. The zero-order valence-corrected chi connectivity index (χ0v) is 9.94. The van der Waals surface area contributed by atoms with Gasteiger partial charge in [0.2, 0.25) is 0 Å². The normalized spacial score (nSPS) is 12.6. The van der Waals surface area contributed by atoms with E-state index in [-0.39, 0.29) is 0 Å². The first-order valence-corrected chi connectivity index (χ1v) is 5.39. The van der Waals surface area contributed by atoms with Gasteiger partial charge in [0.15, 0.2) is 0 Å². The van der Waals surface area contributed by atoms with E-state index in [4.69, 9.17) is 0 Å². The minimum Gasteiger partial charge on any atom is -0.382 e. The van der Waals surface area contributed by atoms with Gasteiger partial charge in [0, 0.05) is 11.7 Å². The standard InChI is InChI=1S/C13H21N/c1-6-12(5)14-13-10(3)7-9(2)8-11(13)4/h7-8,12,14H,6H2,1-5H3. The topological polar surface area (TPSA) is 12.0 Å². The van der Waals surface area contributed by atoms with Crippen LogP contribution in [0.25, 0.3) is 0 Å². The van der Waals surface area contributed by atoms with Gasteiger partial charge in [-0.1, -0.05) is 24.6 Å². The molecule has 0 saturated carbocycles. The largest absolute Gasteiger partial charge is 0.382 e. The molecule has 0 amide bonds. The van der Waals surface area contributed by atoms with Crippen molar-refractivity contribution < 1.29 is 0 Å². The van der Waals surface area contributed by atoms with Crippen molar-refractivity contribution in [1.29, 1.82) is 0 Å². The molecule has 1 atom stereocenters. The lowest BCUT2D eigenvalue weighted by atomic mass is 10.0. The van der Waals surface area contributed by atoms with Crippen LogP contribution in [0, 0.1) is 20.8 Å². The lowest BCUT2D eigenvalue weighted by molar-refractivity contribution is 0.762. The zero-order chi connectivity index (χ0) is 10.7. The average Bonchev–Trinajstić information content (AvgIpc) is 2.10. The van der Waals surface area contributed by atoms with Gasteiger partial charge in [0.05, 0.1) is 0 Å². The number of nitrogens with one attached hydrogen (secondary N) is 1. The van der Waals surface area contributed by atoms with E-state index in [2.05, 4.69) is 52.1 Å². The molecule has 1 N–H and O–H groups in total. The molecule has 1 heteroatoms. The van der Waals surface area contributed by atoms with E-state index in [1.165, 1.54) is 22.4 Å². The Morgan fingerprint density at radius 3 is 2.07 bits per heavy atom. The maximum atomic E-state index is 3.56. The summed E-state index contributed by atoms with van der Waals surface area (Å²) in [7, 11) is 0. The number of hydrogen-bond acceptors (Lipinski definition) is 1. The molecule has 0 fully saturated rings. The fourth-order valence-electron chi connectivity index (χ4n) is 1.76. The highest BCUT2D eigenvalue weighted by Gasteiger charge is 2.05. The molecule has 1 unspecified atom stereocenters. The molecule has 1 rings (SSSR count). The second-order valence-electron chi connectivity index (χ2n) is 4.23. The quantitative estimate of drug-likeness (QED) is 0.765. The highest BCUT2D eigenvalue weighted by atomic mass is 14.9. The molecule has 0 saturated heterocycles. The van der Waals surface area contributed by atoms with E-state index in [1.807, 2.05) is 0 Å². The maximum Gasteiger partial charge on any atom is 0.0401 e. The van der Waals surface area contributed by atoms with E-state index >= 15 is 0 Å². The molecule has 0 aromatic heterocycles. The summed E-state index contributed by atoms with van der Waals surface area (Å²) in [6, 6.07) is 5.02. The number of hydrogen-bond donors (Lipinski definition) is 1. The fraction of sp³-hybridized carbons (Fsp3) is 0.538. The van der Waals surface area contributed by atoms with Crippen molar-refractivity contribution in [1.82, 2.24) is 0 Å². The molecule has 0 aliphatic rings. The summed E-state index contributed by atoms with van der Waals surface area (Å²) in [5.74, 6) is 0. The Kier molecular flexibility index (Phi) is 3.56. The third kappa shape index (κ3) is 2.50. The number of aryl methyl sites for hydroxylation is 3. The summed E-state index contributed by atoms with van der Waals surface area (Å²) < 4.78 is 0. The van der Waals surface area contributed by atoms with Crippen molar-refractivity contribution in [3.05, 3.63) is 28.8 Å². The van der Waals surface area contributed by atoms with E-state index < -0.39 is 0 Å². The Labute approximate surface area is 87.5 Å². The molecule has 1 aromatic rings. The van der Waals surface area contributed by atoms with Gasteiger partial charge < -0.3 is 5.32 Å². The van der Waals surface area contributed by atoms with Gasteiger partial charge in [-0.15, -0.1) is 0 Å². The first kappa shape index (κ1) is 11.1.